The van der Waals surface area contributed by atoms with Crippen molar-refractivity contribution < 1.29 is 14.7 Å². The van der Waals surface area contributed by atoms with E-state index in [1.165, 1.54) is 25.0 Å². The molecular weight excluding hydrogens is 298 g/mol. The molecule has 1 aromatic rings. The van der Waals surface area contributed by atoms with Gasteiger partial charge in [-0.25, -0.2) is 4.79 Å². The molecular formula is C13H14BrNO3. The number of nitrogens with one attached hydrogen (secondary N) is 1. The van der Waals surface area contributed by atoms with E-state index in [4.69, 9.17) is 5.11 Å². The minimum absolute atomic E-state index is 0.108. The van der Waals surface area contributed by atoms with Crippen LogP contribution >= 0.6 is 15.9 Å². The first-order valence-electron chi connectivity index (χ1n) is 5.88. The van der Waals surface area contributed by atoms with Crippen LogP contribution in [0.4, 0.5) is 0 Å². The standard InChI is InChI=1S/C13H14BrNO3/c14-11-6-9(5-10(7-11)13(17)18)12(16)15-4-3-8-1-2-8/h5-8H,1-4H2,(H,15,16)(H,17,18). The molecule has 1 aliphatic rings. The van der Waals surface area contributed by atoms with E-state index in [1.807, 2.05) is 0 Å². The van der Waals surface area contributed by atoms with Crippen LogP contribution in [-0.4, -0.2) is 23.5 Å². The van der Waals surface area contributed by atoms with Crippen LogP contribution in [-0.2, 0) is 0 Å². The van der Waals surface area contributed by atoms with E-state index in [1.54, 1.807) is 6.07 Å². The van der Waals surface area contributed by atoms with Gasteiger partial charge in [-0.05, 0) is 30.5 Å². The predicted molar refractivity (Wildman–Crippen MR) is 70.8 cm³/mol. The first kappa shape index (κ1) is 13.1. The average Bonchev–Trinajstić information content (AvgIpc) is 3.12. The van der Waals surface area contributed by atoms with E-state index in [0.717, 1.165) is 12.3 Å². The monoisotopic (exact) mass is 311 g/mol. The molecule has 1 aromatic carbocycles. The summed E-state index contributed by atoms with van der Waals surface area (Å²) < 4.78 is 0.592. The van der Waals surface area contributed by atoms with E-state index < -0.39 is 5.97 Å². The summed E-state index contributed by atoms with van der Waals surface area (Å²) in [5, 5.41) is 11.7. The molecule has 2 N–H and O–H groups in total. The van der Waals surface area contributed by atoms with Gasteiger partial charge in [-0.15, -0.1) is 0 Å². The second-order valence-corrected chi connectivity index (χ2v) is 5.44. The lowest BCUT2D eigenvalue weighted by atomic mass is 10.1. The first-order valence-corrected chi connectivity index (χ1v) is 6.67. The topological polar surface area (TPSA) is 66.4 Å². The van der Waals surface area contributed by atoms with Crippen molar-refractivity contribution in [2.45, 2.75) is 19.3 Å². The summed E-state index contributed by atoms with van der Waals surface area (Å²) in [7, 11) is 0. The Morgan fingerprint density at radius 3 is 2.56 bits per heavy atom. The summed E-state index contributed by atoms with van der Waals surface area (Å²) in [6, 6.07) is 4.49. The number of carboxylic acids is 1. The maximum atomic E-state index is 11.8. The van der Waals surface area contributed by atoms with Gasteiger partial charge in [0.15, 0.2) is 0 Å². The van der Waals surface area contributed by atoms with Gasteiger partial charge in [-0.1, -0.05) is 28.8 Å². The van der Waals surface area contributed by atoms with Crippen molar-refractivity contribution in [3.8, 4) is 0 Å². The normalized spacial score (nSPS) is 14.3. The second kappa shape index (κ2) is 5.52. The maximum absolute atomic E-state index is 11.8. The van der Waals surface area contributed by atoms with Gasteiger partial charge in [-0.2, -0.15) is 0 Å². The van der Waals surface area contributed by atoms with Crippen LogP contribution in [0.5, 0.6) is 0 Å². The number of hydrogen-bond acceptors (Lipinski definition) is 2. The van der Waals surface area contributed by atoms with E-state index in [9.17, 15) is 9.59 Å². The molecule has 0 radical (unpaired) electrons. The molecule has 0 heterocycles. The van der Waals surface area contributed by atoms with E-state index in [2.05, 4.69) is 21.2 Å². The number of halogens is 1. The molecule has 1 saturated carbocycles. The summed E-state index contributed by atoms with van der Waals surface area (Å²) in [5.74, 6) is -0.495. The Morgan fingerprint density at radius 1 is 1.28 bits per heavy atom. The lowest BCUT2D eigenvalue weighted by Gasteiger charge is -2.06. The Bertz CT molecular complexity index is 483. The highest BCUT2D eigenvalue weighted by Crippen LogP contribution is 2.31. The highest BCUT2D eigenvalue weighted by molar-refractivity contribution is 9.10. The molecule has 1 aliphatic carbocycles. The van der Waals surface area contributed by atoms with Gasteiger partial charge in [0.25, 0.3) is 5.91 Å². The minimum atomic E-state index is -1.04. The Kier molecular flexibility index (Phi) is 4.01. The summed E-state index contributed by atoms with van der Waals surface area (Å²) in [6.45, 7) is 0.651. The maximum Gasteiger partial charge on any atom is 0.335 e. The molecule has 1 amide bonds. The van der Waals surface area contributed by atoms with E-state index in [-0.39, 0.29) is 11.5 Å². The molecule has 2 rings (SSSR count). The molecule has 0 atom stereocenters. The van der Waals surface area contributed by atoms with Gasteiger partial charge >= 0.3 is 5.97 Å². The molecule has 0 spiro atoms. The minimum Gasteiger partial charge on any atom is -0.478 e. The fraction of sp³-hybridized carbons (Fsp3) is 0.385. The lowest BCUT2D eigenvalue weighted by molar-refractivity contribution is 0.0697. The van der Waals surface area contributed by atoms with Crippen molar-refractivity contribution in [2.24, 2.45) is 5.92 Å². The predicted octanol–water partition coefficient (Wildman–Crippen LogP) is 2.68. The van der Waals surface area contributed by atoms with Crippen LogP contribution in [0, 0.1) is 5.92 Å². The van der Waals surface area contributed by atoms with Crippen molar-refractivity contribution in [2.75, 3.05) is 6.54 Å². The van der Waals surface area contributed by atoms with Gasteiger partial charge in [0.1, 0.15) is 0 Å². The highest BCUT2D eigenvalue weighted by atomic mass is 79.9. The lowest BCUT2D eigenvalue weighted by Crippen LogP contribution is -2.25. The number of carboxylic acid groups (broad SMARTS) is 1. The number of amides is 1. The molecule has 96 valence electrons. The van der Waals surface area contributed by atoms with Crippen LogP contribution in [0.1, 0.15) is 40.0 Å². The SMILES string of the molecule is O=C(O)c1cc(Br)cc(C(=O)NCCC2CC2)c1. The molecule has 5 heteroatoms. The van der Waals surface area contributed by atoms with Crippen molar-refractivity contribution >= 4 is 27.8 Å². The van der Waals surface area contributed by atoms with Crippen LogP contribution < -0.4 is 5.32 Å². The van der Waals surface area contributed by atoms with Crippen molar-refractivity contribution in [1.82, 2.24) is 5.32 Å². The smallest absolute Gasteiger partial charge is 0.335 e. The number of aromatic carboxylic acids is 1. The quantitative estimate of drug-likeness (QED) is 0.878. The average molecular weight is 312 g/mol. The molecule has 1 fully saturated rings. The number of carbonyl (C=O) groups excluding carboxylic acids is 1. The molecule has 0 bridgehead atoms. The van der Waals surface area contributed by atoms with Crippen LogP contribution in [0.2, 0.25) is 0 Å². The largest absolute Gasteiger partial charge is 0.478 e. The number of hydrogen-bond donors (Lipinski definition) is 2. The van der Waals surface area contributed by atoms with Gasteiger partial charge in [0.2, 0.25) is 0 Å². The fourth-order valence-corrected chi connectivity index (χ4v) is 2.24. The first-order chi connectivity index (χ1) is 8.56. The molecule has 0 aliphatic heterocycles. The Hall–Kier alpha value is -1.36. The van der Waals surface area contributed by atoms with Crippen molar-refractivity contribution in [3.63, 3.8) is 0 Å². The fourth-order valence-electron chi connectivity index (χ4n) is 1.74. The number of carbonyl (C=O) groups is 2. The molecule has 18 heavy (non-hydrogen) atoms. The molecule has 0 saturated heterocycles. The third-order valence-corrected chi connectivity index (χ3v) is 3.40. The van der Waals surface area contributed by atoms with E-state index in [0.29, 0.717) is 16.6 Å². The Balaban J connectivity index is 2.01. The van der Waals surface area contributed by atoms with Gasteiger partial charge in [0, 0.05) is 16.6 Å². The highest BCUT2D eigenvalue weighted by Gasteiger charge is 2.20. The van der Waals surface area contributed by atoms with Crippen molar-refractivity contribution in [1.29, 1.82) is 0 Å². The third kappa shape index (κ3) is 3.57. The van der Waals surface area contributed by atoms with Gasteiger partial charge in [-0.3, -0.25) is 4.79 Å². The van der Waals surface area contributed by atoms with Crippen molar-refractivity contribution in [3.05, 3.63) is 33.8 Å². The van der Waals surface area contributed by atoms with Crippen LogP contribution in [0.25, 0.3) is 0 Å². The zero-order chi connectivity index (χ0) is 13.1. The zero-order valence-corrected chi connectivity index (χ0v) is 11.4. The van der Waals surface area contributed by atoms with Crippen LogP contribution in [0.15, 0.2) is 22.7 Å². The van der Waals surface area contributed by atoms with Crippen LogP contribution in [0.3, 0.4) is 0 Å². The third-order valence-electron chi connectivity index (χ3n) is 2.94. The zero-order valence-electron chi connectivity index (χ0n) is 9.78. The van der Waals surface area contributed by atoms with Gasteiger partial charge in [0.05, 0.1) is 5.56 Å². The molecule has 4 nitrogen and oxygen atoms in total. The Labute approximate surface area is 114 Å². The second-order valence-electron chi connectivity index (χ2n) is 4.52. The van der Waals surface area contributed by atoms with E-state index >= 15 is 0 Å². The molecule has 0 unspecified atom stereocenters. The summed E-state index contributed by atoms with van der Waals surface area (Å²) in [5.41, 5.74) is 0.481. The summed E-state index contributed by atoms with van der Waals surface area (Å²) in [6.07, 6.45) is 3.53. The van der Waals surface area contributed by atoms with Gasteiger partial charge < -0.3 is 10.4 Å². The Morgan fingerprint density at radius 2 is 1.94 bits per heavy atom. The molecule has 0 aromatic heterocycles. The summed E-state index contributed by atoms with van der Waals surface area (Å²) in [4.78, 5) is 22.7. The number of benzene rings is 1. The summed E-state index contributed by atoms with van der Waals surface area (Å²) >= 11 is 3.21. The number of rotatable bonds is 5.